The summed E-state index contributed by atoms with van der Waals surface area (Å²) in [6.07, 6.45) is 3.25. The number of sulfone groups is 1. The molecule has 0 atom stereocenters. The van der Waals surface area contributed by atoms with Crippen molar-refractivity contribution in [2.45, 2.75) is 35.0 Å². The molecule has 1 aliphatic carbocycles. The van der Waals surface area contributed by atoms with Gasteiger partial charge in [0.1, 0.15) is 10.6 Å². The Balaban J connectivity index is 2.14. The maximum Gasteiger partial charge on any atom is 0.209 e. The van der Waals surface area contributed by atoms with Gasteiger partial charge >= 0.3 is 0 Å². The lowest BCUT2D eigenvalue weighted by molar-refractivity contribution is 0.372. The van der Waals surface area contributed by atoms with Crippen LogP contribution >= 0.6 is 23.2 Å². The second-order valence-electron chi connectivity index (χ2n) is 5.59. The van der Waals surface area contributed by atoms with E-state index in [-0.39, 0.29) is 19.8 Å². The van der Waals surface area contributed by atoms with Crippen LogP contribution in [0, 0.1) is 0 Å². The van der Waals surface area contributed by atoms with Crippen LogP contribution in [0.1, 0.15) is 30.7 Å². The molecule has 0 N–H and O–H groups in total. The number of hydrogen-bond acceptors (Lipinski definition) is 3. The number of ether oxygens (including phenoxy) is 1. The summed E-state index contributed by atoms with van der Waals surface area (Å²) in [6.45, 7) is 0. The van der Waals surface area contributed by atoms with Crippen molar-refractivity contribution in [3.05, 3.63) is 52.0 Å². The summed E-state index contributed by atoms with van der Waals surface area (Å²) >= 11 is 12.1. The van der Waals surface area contributed by atoms with E-state index in [1.54, 1.807) is 25.3 Å². The van der Waals surface area contributed by atoms with Gasteiger partial charge in [-0.05, 0) is 54.7 Å². The Morgan fingerprint density at radius 1 is 1.09 bits per heavy atom. The van der Waals surface area contributed by atoms with Gasteiger partial charge in [-0.15, -0.1) is 0 Å². The van der Waals surface area contributed by atoms with Crippen LogP contribution in [0.3, 0.4) is 0 Å². The van der Waals surface area contributed by atoms with Crippen molar-refractivity contribution in [2.24, 2.45) is 0 Å². The third-order valence-corrected chi connectivity index (χ3v) is 6.95. The lowest BCUT2D eigenvalue weighted by atomic mass is 9.80. The van der Waals surface area contributed by atoms with Gasteiger partial charge in [-0.3, -0.25) is 0 Å². The minimum Gasteiger partial charge on any atom is -0.496 e. The quantitative estimate of drug-likeness (QED) is 0.751. The molecule has 1 fully saturated rings. The van der Waals surface area contributed by atoms with Gasteiger partial charge in [0, 0.05) is 0 Å². The maximum absolute atomic E-state index is 12.9. The fourth-order valence-electron chi connectivity index (χ4n) is 2.77. The Morgan fingerprint density at radius 2 is 1.74 bits per heavy atom. The predicted molar refractivity (Wildman–Crippen MR) is 91.5 cm³/mol. The van der Waals surface area contributed by atoms with E-state index in [0.29, 0.717) is 5.92 Å². The summed E-state index contributed by atoms with van der Waals surface area (Å²) in [6, 6.07) is 9.60. The van der Waals surface area contributed by atoms with E-state index in [9.17, 15) is 8.42 Å². The molecule has 0 saturated heterocycles. The van der Waals surface area contributed by atoms with Gasteiger partial charge in [0.15, 0.2) is 0 Å². The molecule has 1 saturated carbocycles. The monoisotopic (exact) mass is 370 g/mol. The molecule has 2 aromatic rings. The molecule has 0 unspecified atom stereocenters. The van der Waals surface area contributed by atoms with Crippen LogP contribution in [0.15, 0.2) is 46.2 Å². The van der Waals surface area contributed by atoms with Crippen molar-refractivity contribution < 1.29 is 13.2 Å². The van der Waals surface area contributed by atoms with E-state index in [4.69, 9.17) is 27.9 Å². The van der Waals surface area contributed by atoms with Crippen molar-refractivity contribution >= 4 is 33.0 Å². The van der Waals surface area contributed by atoms with Crippen molar-refractivity contribution in [3.63, 3.8) is 0 Å². The Morgan fingerprint density at radius 3 is 2.26 bits per heavy atom. The third-order valence-electron chi connectivity index (χ3n) is 4.24. The summed E-state index contributed by atoms with van der Waals surface area (Å²) in [7, 11) is -2.19. The van der Waals surface area contributed by atoms with Crippen LogP contribution in [0.5, 0.6) is 5.75 Å². The second kappa shape index (κ2) is 6.34. The Hall–Kier alpha value is -1.23. The molecule has 0 bridgehead atoms. The van der Waals surface area contributed by atoms with Crippen LogP contribution in [0.2, 0.25) is 10.0 Å². The maximum atomic E-state index is 12.9. The molecule has 3 nitrogen and oxygen atoms in total. The number of hydrogen-bond donors (Lipinski definition) is 0. The van der Waals surface area contributed by atoms with E-state index >= 15 is 0 Å². The van der Waals surface area contributed by atoms with Crippen LogP contribution in [0.25, 0.3) is 0 Å². The average molecular weight is 371 g/mol. The van der Waals surface area contributed by atoms with Crippen LogP contribution in [-0.2, 0) is 9.84 Å². The molecule has 2 aromatic carbocycles. The predicted octanol–water partition coefficient (Wildman–Crippen LogP) is 5.10. The summed E-state index contributed by atoms with van der Waals surface area (Å²) < 4.78 is 31.3. The zero-order valence-electron chi connectivity index (χ0n) is 12.6. The highest BCUT2D eigenvalue weighted by Crippen LogP contribution is 2.43. The first-order valence-corrected chi connectivity index (χ1v) is 9.56. The fraction of sp³-hybridized carbons (Fsp3) is 0.294. The first-order valence-electron chi connectivity index (χ1n) is 7.32. The van der Waals surface area contributed by atoms with Crippen LogP contribution in [0.4, 0.5) is 0 Å². The Kier molecular flexibility index (Phi) is 4.59. The second-order valence-corrected chi connectivity index (χ2v) is 8.29. The van der Waals surface area contributed by atoms with Gasteiger partial charge in [0.2, 0.25) is 9.84 Å². The molecule has 3 rings (SSSR count). The highest BCUT2D eigenvalue weighted by atomic mass is 35.5. The van der Waals surface area contributed by atoms with Gasteiger partial charge in [0.05, 0.1) is 22.1 Å². The van der Waals surface area contributed by atoms with Gasteiger partial charge in [-0.1, -0.05) is 35.7 Å². The zero-order chi connectivity index (χ0) is 16.6. The van der Waals surface area contributed by atoms with Crippen molar-refractivity contribution in [1.29, 1.82) is 0 Å². The Labute approximate surface area is 146 Å². The zero-order valence-corrected chi connectivity index (χ0v) is 14.9. The lowest BCUT2D eigenvalue weighted by Gasteiger charge is -2.27. The molecule has 0 aromatic heterocycles. The molecule has 0 heterocycles. The SMILES string of the molecule is COc1ccc(S(=O)(=O)c2c(Cl)cccc2Cl)cc1C1CCC1. The average Bonchev–Trinajstić information content (AvgIpc) is 2.45. The van der Waals surface area contributed by atoms with E-state index in [1.807, 2.05) is 0 Å². The molecule has 0 spiro atoms. The molecule has 0 amide bonds. The summed E-state index contributed by atoms with van der Waals surface area (Å²) in [5.41, 5.74) is 0.933. The summed E-state index contributed by atoms with van der Waals surface area (Å²) in [5.74, 6) is 1.07. The van der Waals surface area contributed by atoms with E-state index in [0.717, 1.165) is 30.6 Å². The minimum absolute atomic E-state index is 0.0481. The molecule has 6 heteroatoms. The van der Waals surface area contributed by atoms with Crippen LogP contribution < -0.4 is 4.74 Å². The highest BCUT2D eigenvalue weighted by molar-refractivity contribution is 7.91. The molecule has 122 valence electrons. The first-order chi connectivity index (χ1) is 10.9. The number of halogens is 2. The first kappa shape index (κ1) is 16.6. The molecule has 23 heavy (non-hydrogen) atoms. The number of benzene rings is 2. The van der Waals surface area contributed by atoms with E-state index in [1.165, 1.54) is 18.2 Å². The normalized spacial score (nSPS) is 15.3. The molecule has 1 aliphatic rings. The number of rotatable bonds is 4. The van der Waals surface area contributed by atoms with Crippen molar-refractivity contribution in [3.8, 4) is 5.75 Å². The smallest absolute Gasteiger partial charge is 0.209 e. The van der Waals surface area contributed by atoms with Gasteiger partial charge in [0.25, 0.3) is 0 Å². The lowest BCUT2D eigenvalue weighted by Crippen LogP contribution is -2.12. The van der Waals surface area contributed by atoms with Crippen LogP contribution in [-0.4, -0.2) is 15.5 Å². The van der Waals surface area contributed by atoms with Gasteiger partial charge < -0.3 is 4.74 Å². The third kappa shape index (κ3) is 2.95. The molecule has 0 aliphatic heterocycles. The van der Waals surface area contributed by atoms with Crippen molar-refractivity contribution in [1.82, 2.24) is 0 Å². The summed E-state index contributed by atoms with van der Waals surface area (Å²) in [5, 5.41) is 0.247. The molecular formula is C17H16Cl2O3S. The Bertz CT molecular complexity index is 823. The van der Waals surface area contributed by atoms with E-state index in [2.05, 4.69) is 0 Å². The molecular weight excluding hydrogens is 355 g/mol. The van der Waals surface area contributed by atoms with Gasteiger partial charge in [-0.2, -0.15) is 0 Å². The fourth-order valence-corrected chi connectivity index (χ4v) is 5.20. The number of methoxy groups -OCH3 is 1. The standard InChI is InChI=1S/C17H16Cl2O3S/c1-22-16-9-8-12(10-13(16)11-4-2-5-11)23(20,21)17-14(18)6-3-7-15(17)19/h3,6-11H,2,4-5H2,1H3. The topological polar surface area (TPSA) is 43.4 Å². The molecule has 0 radical (unpaired) electrons. The largest absolute Gasteiger partial charge is 0.496 e. The minimum atomic E-state index is -3.78. The highest BCUT2D eigenvalue weighted by Gasteiger charge is 2.28. The van der Waals surface area contributed by atoms with Crippen molar-refractivity contribution in [2.75, 3.05) is 7.11 Å². The summed E-state index contributed by atoms with van der Waals surface area (Å²) in [4.78, 5) is 0.142. The van der Waals surface area contributed by atoms with Gasteiger partial charge in [-0.25, -0.2) is 8.42 Å². The van der Waals surface area contributed by atoms with E-state index < -0.39 is 9.84 Å².